The molecule has 0 fully saturated rings. The van der Waals surface area contributed by atoms with Crippen LogP contribution < -0.4 is 0 Å². The molecule has 0 bridgehead atoms. The Hall–Kier alpha value is -1.16. The van der Waals surface area contributed by atoms with Gasteiger partial charge in [-0.05, 0) is 0 Å². The normalized spacial score (nSPS) is 16.5. The highest BCUT2D eigenvalue weighted by molar-refractivity contribution is 5.67. The van der Waals surface area contributed by atoms with Crippen molar-refractivity contribution in [2.24, 2.45) is 5.92 Å². The van der Waals surface area contributed by atoms with Gasteiger partial charge < -0.3 is 14.3 Å². The Morgan fingerprint density at radius 2 is 2.07 bits per heavy atom. The van der Waals surface area contributed by atoms with Gasteiger partial charge in [-0.3, -0.25) is 4.79 Å². The third-order valence-corrected chi connectivity index (χ3v) is 1.86. The highest BCUT2D eigenvalue weighted by atomic mass is 16.6. The zero-order valence-corrected chi connectivity index (χ0v) is 8.73. The van der Waals surface area contributed by atoms with Gasteiger partial charge >= 0.3 is 5.97 Å². The number of hydrogen-bond donors (Lipinski definition) is 0. The van der Waals surface area contributed by atoms with E-state index in [4.69, 9.17) is 9.47 Å². The van der Waals surface area contributed by atoms with Crippen LogP contribution in [0.1, 0.15) is 13.8 Å². The standard InChI is InChI=1S/C10H16O4/c1-5-9(13-4)10(7(2)6-11)14-8(3)12/h5-7,9-10H,1H2,2-4H3/t7-,9-,10+/m0/s1. The van der Waals surface area contributed by atoms with Gasteiger partial charge in [-0.25, -0.2) is 0 Å². The van der Waals surface area contributed by atoms with Crippen LogP contribution in [0.2, 0.25) is 0 Å². The smallest absolute Gasteiger partial charge is 0.303 e. The summed E-state index contributed by atoms with van der Waals surface area (Å²) in [6, 6.07) is 0. The number of ether oxygens (including phenoxy) is 2. The summed E-state index contributed by atoms with van der Waals surface area (Å²) in [6.45, 7) is 6.50. The van der Waals surface area contributed by atoms with Gasteiger partial charge in [0.15, 0.2) is 0 Å². The Morgan fingerprint density at radius 1 is 1.50 bits per heavy atom. The van der Waals surface area contributed by atoms with E-state index in [0.29, 0.717) is 0 Å². The number of carbonyl (C=O) groups is 2. The first-order chi connectivity index (χ1) is 6.56. The number of rotatable bonds is 6. The number of esters is 1. The molecule has 0 radical (unpaired) electrons. The molecule has 80 valence electrons. The summed E-state index contributed by atoms with van der Waals surface area (Å²) >= 11 is 0. The average molecular weight is 200 g/mol. The van der Waals surface area contributed by atoms with Crippen LogP contribution in [0.4, 0.5) is 0 Å². The predicted molar refractivity (Wildman–Crippen MR) is 51.8 cm³/mol. The van der Waals surface area contributed by atoms with Crippen molar-refractivity contribution in [1.82, 2.24) is 0 Å². The molecule has 0 heterocycles. The maximum absolute atomic E-state index is 10.8. The molecule has 14 heavy (non-hydrogen) atoms. The number of hydrogen-bond acceptors (Lipinski definition) is 4. The lowest BCUT2D eigenvalue weighted by Gasteiger charge is -2.25. The summed E-state index contributed by atoms with van der Waals surface area (Å²) in [5.41, 5.74) is 0. The van der Waals surface area contributed by atoms with Crippen LogP contribution in [0.5, 0.6) is 0 Å². The molecule has 4 heteroatoms. The van der Waals surface area contributed by atoms with E-state index in [0.717, 1.165) is 6.29 Å². The molecule has 4 nitrogen and oxygen atoms in total. The van der Waals surface area contributed by atoms with Crippen LogP contribution in [0, 0.1) is 5.92 Å². The fourth-order valence-corrected chi connectivity index (χ4v) is 1.11. The Morgan fingerprint density at radius 3 is 2.36 bits per heavy atom. The summed E-state index contributed by atoms with van der Waals surface area (Å²) in [5, 5.41) is 0. The van der Waals surface area contributed by atoms with Crippen molar-refractivity contribution < 1.29 is 19.1 Å². The summed E-state index contributed by atoms with van der Waals surface area (Å²) in [5.74, 6) is -0.852. The molecule has 0 aliphatic heterocycles. The lowest BCUT2D eigenvalue weighted by atomic mass is 10.0. The van der Waals surface area contributed by atoms with Crippen molar-refractivity contribution in [2.75, 3.05) is 7.11 Å². The molecule has 0 rings (SSSR count). The zero-order chi connectivity index (χ0) is 11.1. The summed E-state index contributed by atoms with van der Waals surface area (Å²) in [7, 11) is 1.47. The second-order valence-corrected chi connectivity index (χ2v) is 3.01. The minimum absolute atomic E-state index is 0.415. The molecule has 0 N–H and O–H groups in total. The zero-order valence-electron chi connectivity index (χ0n) is 8.73. The SMILES string of the molecule is C=C[C@H](OC)[C@H](OC(C)=O)[C@@H](C)C=O. The lowest BCUT2D eigenvalue weighted by Crippen LogP contribution is -2.37. The molecule has 0 aromatic rings. The fraction of sp³-hybridized carbons (Fsp3) is 0.600. The van der Waals surface area contributed by atoms with E-state index in [-0.39, 0.29) is 0 Å². The Balaban J connectivity index is 4.58. The summed E-state index contributed by atoms with van der Waals surface area (Å²) in [4.78, 5) is 21.4. The van der Waals surface area contributed by atoms with Crippen molar-refractivity contribution >= 4 is 12.3 Å². The van der Waals surface area contributed by atoms with Gasteiger partial charge in [-0.15, -0.1) is 6.58 Å². The van der Waals surface area contributed by atoms with Crippen LogP contribution in [-0.2, 0) is 19.1 Å². The molecule has 0 unspecified atom stereocenters. The molecule has 0 aliphatic carbocycles. The van der Waals surface area contributed by atoms with Crippen molar-refractivity contribution in [3.8, 4) is 0 Å². The van der Waals surface area contributed by atoms with Crippen molar-refractivity contribution in [3.63, 3.8) is 0 Å². The molecular weight excluding hydrogens is 184 g/mol. The van der Waals surface area contributed by atoms with E-state index in [9.17, 15) is 9.59 Å². The third-order valence-electron chi connectivity index (χ3n) is 1.86. The molecular formula is C10H16O4. The van der Waals surface area contributed by atoms with Crippen LogP contribution >= 0.6 is 0 Å². The first-order valence-electron chi connectivity index (χ1n) is 4.34. The van der Waals surface area contributed by atoms with E-state index >= 15 is 0 Å². The molecule has 0 aromatic heterocycles. The van der Waals surface area contributed by atoms with Crippen molar-refractivity contribution in [2.45, 2.75) is 26.1 Å². The van der Waals surface area contributed by atoms with Crippen LogP contribution in [0.3, 0.4) is 0 Å². The maximum Gasteiger partial charge on any atom is 0.303 e. The van der Waals surface area contributed by atoms with Crippen LogP contribution in [0.15, 0.2) is 12.7 Å². The molecule has 0 aromatic carbocycles. The Labute approximate surface area is 83.9 Å². The van der Waals surface area contributed by atoms with E-state index in [1.165, 1.54) is 20.1 Å². The van der Waals surface area contributed by atoms with Gasteiger partial charge in [0.2, 0.25) is 0 Å². The fourth-order valence-electron chi connectivity index (χ4n) is 1.11. The molecule has 0 spiro atoms. The molecule has 0 saturated carbocycles. The number of carbonyl (C=O) groups excluding carboxylic acids is 2. The van der Waals surface area contributed by atoms with Crippen molar-refractivity contribution in [3.05, 3.63) is 12.7 Å². The van der Waals surface area contributed by atoms with E-state index < -0.39 is 24.1 Å². The maximum atomic E-state index is 10.8. The number of aldehydes is 1. The molecule has 0 amide bonds. The topological polar surface area (TPSA) is 52.6 Å². The average Bonchev–Trinajstić information content (AvgIpc) is 2.16. The molecule has 0 saturated heterocycles. The molecule has 3 atom stereocenters. The van der Waals surface area contributed by atoms with Gasteiger partial charge in [-0.1, -0.05) is 13.0 Å². The van der Waals surface area contributed by atoms with Gasteiger partial charge in [0.1, 0.15) is 18.5 Å². The first kappa shape index (κ1) is 12.8. The van der Waals surface area contributed by atoms with Crippen LogP contribution in [-0.4, -0.2) is 31.6 Å². The monoisotopic (exact) mass is 200 g/mol. The van der Waals surface area contributed by atoms with Crippen molar-refractivity contribution in [1.29, 1.82) is 0 Å². The first-order valence-corrected chi connectivity index (χ1v) is 4.34. The van der Waals surface area contributed by atoms with Gasteiger partial charge in [0.25, 0.3) is 0 Å². The Bertz CT molecular complexity index is 212. The van der Waals surface area contributed by atoms with E-state index in [2.05, 4.69) is 6.58 Å². The Kier molecular flexibility index (Phi) is 5.79. The quantitative estimate of drug-likeness (QED) is 0.364. The molecule has 0 aliphatic rings. The third kappa shape index (κ3) is 3.70. The highest BCUT2D eigenvalue weighted by Gasteiger charge is 2.27. The number of methoxy groups -OCH3 is 1. The predicted octanol–water partition coefficient (Wildman–Crippen LogP) is 0.954. The summed E-state index contributed by atoms with van der Waals surface area (Å²) < 4.78 is 10.0. The second-order valence-electron chi connectivity index (χ2n) is 3.01. The van der Waals surface area contributed by atoms with E-state index in [1.807, 2.05) is 0 Å². The van der Waals surface area contributed by atoms with Crippen LogP contribution in [0.25, 0.3) is 0 Å². The summed E-state index contributed by atoms with van der Waals surface area (Å²) in [6.07, 6.45) is 1.17. The van der Waals surface area contributed by atoms with Gasteiger partial charge in [0, 0.05) is 14.0 Å². The minimum Gasteiger partial charge on any atom is -0.459 e. The van der Waals surface area contributed by atoms with Gasteiger partial charge in [0.05, 0.1) is 5.92 Å². The second kappa shape index (κ2) is 6.32. The van der Waals surface area contributed by atoms with Gasteiger partial charge in [-0.2, -0.15) is 0 Å². The highest BCUT2D eigenvalue weighted by Crippen LogP contribution is 2.13. The minimum atomic E-state index is -0.604. The lowest BCUT2D eigenvalue weighted by molar-refractivity contribution is -0.155. The van der Waals surface area contributed by atoms with E-state index in [1.54, 1.807) is 6.92 Å². The largest absolute Gasteiger partial charge is 0.459 e.